The van der Waals surface area contributed by atoms with Gasteiger partial charge in [0.2, 0.25) is 0 Å². The van der Waals surface area contributed by atoms with Crippen molar-refractivity contribution in [2.75, 3.05) is 19.8 Å². The van der Waals surface area contributed by atoms with E-state index in [9.17, 15) is 19.5 Å². The van der Waals surface area contributed by atoms with E-state index in [4.69, 9.17) is 31.3 Å². The van der Waals surface area contributed by atoms with Crippen molar-refractivity contribution >= 4 is 29.5 Å². The highest BCUT2D eigenvalue weighted by Gasteiger charge is 2.24. The van der Waals surface area contributed by atoms with Crippen molar-refractivity contribution in [3.05, 3.63) is 76.8 Å². The van der Waals surface area contributed by atoms with Gasteiger partial charge in [0.15, 0.2) is 6.61 Å². The van der Waals surface area contributed by atoms with Crippen molar-refractivity contribution in [1.29, 1.82) is 0 Å². The third-order valence-electron chi connectivity index (χ3n) is 5.87. The molecule has 0 heterocycles. The lowest BCUT2D eigenvalue weighted by Gasteiger charge is -2.31. The Morgan fingerprint density at radius 1 is 1.08 bits per heavy atom. The first-order valence-electron chi connectivity index (χ1n) is 12.4. The lowest BCUT2D eigenvalue weighted by Crippen LogP contribution is -2.36. The van der Waals surface area contributed by atoms with E-state index in [2.05, 4.69) is 11.4 Å². The van der Waals surface area contributed by atoms with Gasteiger partial charge in [0.25, 0.3) is 0 Å². The minimum absolute atomic E-state index is 0.0759. The van der Waals surface area contributed by atoms with Crippen LogP contribution < -0.4 is 10.1 Å². The minimum atomic E-state index is -1.26. The Labute approximate surface area is 227 Å². The van der Waals surface area contributed by atoms with Gasteiger partial charge < -0.3 is 30.1 Å². The molecule has 0 spiro atoms. The highest BCUT2D eigenvalue weighted by Crippen LogP contribution is 2.34. The number of carbonyl (C=O) groups is 3. The molecular formula is C28H34ClNO8. The monoisotopic (exact) mass is 547 g/mol. The molecule has 38 heavy (non-hydrogen) atoms. The predicted octanol–water partition coefficient (Wildman–Crippen LogP) is 4.34. The molecule has 2 aromatic carbocycles. The molecule has 3 rings (SSSR count). The third kappa shape index (κ3) is 11.8. The largest absolute Gasteiger partial charge is 0.482 e. The first-order chi connectivity index (χ1) is 18.2. The summed E-state index contributed by atoms with van der Waals surface area (Å²) in [5, 5.41) is 30.2. The number of ether oxygens (including phenoxy) is 2. The van der Waals surface area contributed by atoms with Gasteiger partial charge in [-0.15, -0.1) is 0 Å². The van der Waals surface area contributed by atoms with Crippen LogP contribution in [-0.4, -0.2) is 59.0 Å². The normalized spacial score (nSPS) is 17.7. The number of aliphatic hydroxyl groups is 1. The van der Waals surface area contributed by atoms with Crippen LogP contribution in [0.5, 0.6) is 5.75 Å². The molecule has 10 heteroatoms. The molecule has 1 aliphatic carbocycles. The summed E-state index contributed by atoms with van der Waals surface area (Å²) in [5.41, 5.74) is 2.05. The summed E-state index contributed by atoms with van der Waals surface area (Å²) in [7, 11) is 0. The first-order valence-corrected chi connectivity index (χ1v) is 12.7. The number of hydrogen-bond donors (Lipinski definition) is 4. The van der Waals surface area contributed by atoms with Gasteiger partial charge in [0.05, 0.1) is 12.7 Å². The Morgan fingerprint density at radius 2 is 1.79 bits per heavy atom. The predicted molar refractivity (Wildman–Crippen MR) is 142 cm³/mol. The second kappa shape index (κ2) is 16.4. The molecule has 0 unspecified atom stereocenters. The van der Waals surface area contributed by atoms with Crippen molar-refractivity contribution in [1.82, 2.24) is 5.32 Å². The smallest absolute Gasteiger partial charge is 0.344 e. The van der Waals surface area contributed by atoms with Crippen LogP contribution in [0.3, 0.4) is 0 Å². The number of benzene rings is 2. The summed E-state index contributed by atoms with van der Waals surface area (Å²) in [6.45, 7) is 2.55. The van der Waals surface area contributed by atoms with E-state index in [0.29, 0.717) is 48.0 Å². The van der Waals surface area contributed by atoms with Crippen LogP contribution in [0.2, 0.25) is 5.02 Å². The Bertz CT molecular complexity index is 1070. The fourth-order valence-electron chi connectivity index (χ4n) is 4.13. The molecule has 206 valence electrons. The minimum Gasteiger partial charge on any atom is -0.482 e. The van der Waals surface area contributed by atoms with Gasteiger partial charge in [0, 0.05) is 29.8 Å². The maximum absolute atomic E-state index is 11.5. The zero-order chi connectivity index (χ0) is 27.9. The molecule has 1 aliphatic rings. The highest BCUT2D eigenvalue weighted by molar-refractivity contribution is 6.30. The summed E-state index contributed by atoms with van der Waals surface area (Å²) in [4.78, 5) is 30.6. The van der Waals surface area contributed by atoms with E-state index >= 15 is 0 Å². The number of aliphatic hydroxyl groups excluding tert-OH is 1. The molecule has 0 saturated heterocycles. The standard InChI is InChI=1S/C24H30ClNO4.C4H4O4/c1-2-29-24(28)16-30-22-11-5-7-18(14-22)17-6-4-10-21(13-17)26-15-23(27)19-8-3-9-20(25)12-19;5-3(6)1-2-4(7)8/h3,5,7-9,11-12,14,17,21,23,26-27H,2,4,6,10,13,15-16H2,1H3;1-2H,(H,5,6)(H,7,8)/b;2-1-/t17-,21-,23+;/m1./s1. The van der Waals surface area contributed by atoms with Gasteiger partial charge in [-0.1, -0.05) is 42.3 Å². The van der Waals surface area contributed by atoms with Crippen LogP contribution in [-0.2, 0) is 19.1 Å². The average Bonchev–Trinajstić information content (AvgIpc) is 2.90. The molecular weight excluding hydrogens is 514 g/mol. The molecule has 0 aliphatic heterocycles. The molecule has 9 nitrogen and oxygen atoms in total. The van der Waals surface area contributed by atoms with Crippen molar-refractivity contribution in [3.8, 4) is 5.75 Å². The van der Waals surface area contributed by atoms with Gasteiger partial charge in [-0.05, 0) is 67.5 Å². The second-order valence-electron chi connectivity index (χ2n) is 8.72. The van der Waals surface area contributed by atoms with Crippen molar-refractivity contribution < 1.29 is 39.2 Å². The van der Waals surface area contributed by atoms with E-state index in [1.807, 2.05) is 36.4 Å². The zero-order valence-electron chi connectivity index (χ0n) is 21.2. The zero-order valence-corrected chi connectivity index (χ0v) is 22.0. The molecule has 0 radical (unpaired) electrons. The Hall–Kier alpha value is -3.40. The number of esters is 1. The number of halogens is 1. The number of carbonyl (C=O) groups excluding carboxylic acids is 1. The van der Waals surface area contributed by atoms with E-state index in [-0.39, 0.29) is 12.6 Å². The van der Waals surface area contributed by atoms with Gasteiger partial charge in [0.1, 0.15) is 5.75 Å². The number of carboxylic acid groups (broad SMARTS) is 2. The van der Waals surface area contributed by atoms with Crippen LogP contribution in [0, 0.1) is 0 Å². The number of nitrogens with one attached hydrogen (secondary N) is 1. The van der Waals surface area contributed by atoms with Crippen molar-refractivity contribution in [2.24, 2.45) is 0 Å². The SMILES string of the molecule is CCOC(=O)COc1cccc([C@@H]2CCC[C@@H](NC[C@H](O)c3cccc(Cl)c3)C2)c1.O=C(O)/C=C\C(=O)O. The summed E-state index contributed by atoms with van der Waals surface area (Å²) in [6.07, 6.45) is 4.88. The molecule has 4 N–H and O–H groups in total. The Kier molecular flexibility index (Phi) is 13.3. The summed E-state index contributed by atoms with van der Waals surface area (Å²) >= 11 is 6.03. The van der Waals surface area contributed by atoms with Crippen LogP contribution in [0.25, 0.3) is 0 Å². The second-order valence-corrected chi connectivity index (χ2v) is 9.15. The molecule has 3 atom stereocenters. The fraction of sp³-hybridized carbons (Fsp3) is 0.393. The highest BCUT2D eigenvalue weighted by atomic mass is 35.5. The topological polar surface area (TPSA) is 142 Å². The molecule has 0 amide bonds. The maximum atomic E-state index is 11.5. The van der Waals surface area contributed by atoms with E-state index in [1.165, 1.54) is 5.56 Å². The lowest BCUT2D eigenvalue weighted by molar-refractivity contribution is -0.145. The van der Waals surface area contributed by atoms with Crippen LogP contribution in [0.1, 0.15) is 55.8 Å². The van der Waals surface area contributed by atoms with Gasteiger partial charge >= 0.3 is 17.9 Å². The molecule has 2 aromatic rings. The van der Waals surface area contributed by atoms with Gasteiger partial charge in [-0.2, -0.15) is 0 Å². The number of hydrogen-bond acceptors (Lipinski definition) is 7. The Morgan fingerprint density at radius 3 is 2.45 bits per heavy atom. The number of rotatable bonds is 11. The number of carboxylic acids is 2. The average molecular weight is 548 g/mol. The van der Waals surface area contributed by atoms with E-state index in [1.54, 1.807) is 13.0 Å². The van der Waals surface area contributed by atoms with Gasteiger partial charge in [-0.25, -0.2) is 14.4 Å². The van der Waals surface area contributed by atoms with Crippen LogP contribution in [0.15, 0.2) is 60.7 Å². The Balaban J connectivity index is 0.000000550. The number of aliphatic carboxylic acids is 2. The van der Waals surface area contributed by atoms with E-state index in [0.717, 1.165) is 31.2 Å². The maximum Gasteiger partial charge on any atom is 0.344 e. The fourth-order valence-corrected chi connectivity index (χ4v) is 4.33. The third-order valence-corrected chi connectivity index (χ3v) is 6.10. The molecule has 1 fully saturated rings. The summed E-state index contributed by atoms with van der Waals surface area (Å²) in [6, 6.07) is 15.7. The summed E-state index contributed by atoms with van der Waals surface area (Å²) < 4.78 is 10.5. The summed E-state index contributed by atoms with van der Waals surface area (Å²) in [5.74, 6) is -1.76. The van der Waals surface area contributed by atoms with Crippen LogP contribution >= 0.6 is 11.6 Å². The van der Waals surface area contributed by atoms with Crippen LogP contribution in [0.4, 0.5) is 0 Å². The van der Waals surface area contributed by atoms with Gasteiger partial charge in [-0.3, -0.25) is 0 Å². The van der Waals surface area contributed by atoms with E-state index < -0.39 is 18.0 Å². The molecule has 0 aromatic heterocycles. The van der Waals surface area contributed by atoms with Crippen molar-refractivity contribution in [3.63, 3.8) is 0 Å². The molecule has 1 saturated carbocycles. The molecule has 0 bridgehead atoms. The quantitative estimate of drug-likeness (QED) is 0.238. The first kappa shape index (κ1) is 30.8. The lowest BCUT2D eigenvalue weighted by atomic mass is 9.81. The van der Waals surface area contributed by atoms with Crippen molar-refractivity contribution in [2.45, 2.75) is 50.7 Å².